The number of halogens is 2. The summed E-state index contributed by atoms with van der Waals surface area (Å²) in [5.74, 6) is 1.97. The zero-order chi connectivity index (χ0) is 17.4. The topological polar surface area (TPSA) is 44.7 Å². The van der Waals surface area contributed by atoms with Crippen LogP contribution in [0.3, 0.4) is 0 Å². The average molecular weight is 512 g/mol. The first kappa shape index (κ1) is 22.4. The van der Waals surface area contributed by atoms with Gasteiger partial charge in [0.05, 0.1) is 10.9 Å². The first-order valence-electron chi connectivity index (χ1n) is 7.63. The number of rotatable bonds is 7. The molecule has 1 aromatic carbocycles. The lowest BCUT2D eigenvalue weighted by atomic mass is 10.2. The minimum atomic E-state index is -0.889. The van der Waals surface area contributed by atoms with Crippen LogP contribution in [0.1, 0.15) is 10.4 Å². The van der Waals surface area contributed by atoms with E-state index in [1.165, 1.54) is 4.88 Å². The second-order valence-electron chi connectivity index (χ2n) is 5.31. The summed E-state index contributed by atoms with van der Waals surface area (Å²) < 4.78 is 12.9. The second kappa shape index (κ2) is 11.9. The highest BCUT2D eigenvalue weighted by atomic mass is 127. The van der Waals surface area contributed by atoms with Gasteiger partial charge >= 0.3 is 0 Å². The number of guanidine groups is 1. The molecule has 0 radical (unpaired) electrons. The van der Waals surface area contributed by atoms with E-state index in [4.69, 9.17) is 11.6 Å². The van der Waals surface area contributed by atoms with Gasteiger partial charge in [-0.25, -0.2) is 0 Å². The maximum absolute atomic E-state index is 12.2. The molecule has 0 bridgehead atoms. The van der Waals surface area contributed by atoms with E-state index in [2.05, 4.69) is 10.3 Å². The normalized spacial score (nSPS) is 12.4. The fourth-order valence-electron chi connectivity index (χ4n) is 2.24. The summed E-state index contributed by atoms with van der Waals surface area (Å²) in [7, 11) is 2.84. The molecule has 1 unspecified atom stereocenters. The molecule has 25 heavy (non-hydrogen) atoms. The van der Waals surface area contributed by atoms with Crippen molar-refractivity contribution in [2.24, 2.45) is 4.99 Å². The summed E-state index contributed by atoms with van der Waals surface area (Å²) >= 11 is 7.53. The summed E-state index contributed by atoms with van der Waals surface area (Å²) in [5.41, 5.74) is 1.10. The van der Waals surface area contributed by atoms with Crippen LogP contribution in [-0.4, -0.2) is 41.5 Å². The van der Waals surface area contributed by atoms with Gasteiger partial charge in [-0.2, -0.15) is 0 Å². The van der Waals surface area contributed by atoms with Gasteiger partial charge in [0.25, 0.3) is 0 Å². The van der Waals surface area contributed by atoms with Gasteiger partial charge in [-0.1, -0.05) is 41.9 Å². The van der Waals surface area contributed by atoms with Gasteiger partial charge in [0.1, 0.15) is 0 Å². The van der Waals surface area contributed by atoms with E-state index < -0.39 is 10.8 Å². The summed E-state index contributed by atoms with van der Waals surface area (Å²) in [6, 6.07) is 13.8. The van der Waals surface area contributed by atoms with Crippen LogP contribution in [0.15, 0.2) is 47.5 Å². The first-order chi connectivity index (χ1) is 11.6. The standard InChI is InChI=1S/C17H22ClN3OS2.HI/c1-19-17(21(2)12-15-8-9-16(18)23-15)20-10-11-24(22)13-14-6-4-3-5-7-14;/h3-9H,10-13H2,1-2H3,(H,19,20);1H. The van der Waals surface area contributed by atoms with Gasteiger partial charge in [0, 0.05) is 47.8 Å². The molecule has 1 heterocycles. The largest absolute Gasteiger partial charge is 0.355 e. The van der Waals surface area contributed by atoms with E-state index in [0.717, 1.165) is 22.4 Å². The first-order valence-corrected chi connectivity index (χ1v) is 10.3. The Labute approximate surface area is 178 Å². The second-order valence-corrected chi connectivity index (χ2v) is 8.69. The van der Waals surface area contributed by atoms with Gasteiger partial charge in [-0.15, -0.1) is 35.3 Å². The van der Waals surface area contributed by atoms with E-state index in [0.29, 0.717) is 18.1 Å². The molecule has 0 fully saturated rings. The van der Waals surface area contributed by atoms with Crippen LogP contribution in [0.25, 0.3) is 0 Å². The molecule has 4 nitrogen and oxygen atoms in total. The Morgan fingerprint density at radius 2 is 2.00 bits per heavy atom. The molecule has 2 rings (SSSR count). The van der Waals surface area contributed by atoms with Crippen LogP contribution in [0.5, 0.6) is 0 Å². The molecule has 8 heteroatoms. The molecule has 0 aliphatic rings. The third-order valence-electron chi connectivity index (χ3n) is 3.38. The van der Waals surface area contributed by atoms with Crippen molar-refractivity contribution in [1.29, 1.82) is 0 Å². The SMILES string of the molecule is CN=C(NCCS(=O)Cc1ccccc1)N(C)Cc1ccc(Cl)s1.I. The highest BCUT2D eigenvalue weighted by Gasteiger charge is 2.09. The van der Waals surface area contributed by atoms with E-state index in [9.17, 15) is 4.21 Å². The van der Waals surface area contributed by atoms with Crippen molar-refractivity contribution in [1.82, 2.24) is 10.2 Å². The molecular weight excluding hydrogens is 489 g/mol. The Kier molecular flexibility index (Phi) is 10.6. The lowest BCUT2D eigenvalue weighted by Gasteiger charge is -2.21. The number of thiophene rings is 1. The molecule has 0 saturated carbocycles. The minimum Gasteiger partial charge on any atom is -0.355 e. The third kappa shape index (κ3) is 8.06. The van der Waals surface area contributed by atoms with Crippen LogP contribution in [0, 0.1) is 0 Å². The van der Waals surface area contributed by atoms with E-state index in [1.807, 2.05) is 54.4 Å². The van der Waals surface area contributed by atoms with Crippen molar-refractivity contribution in [3.05, 3.63) is 57.2 Å². The Bertz CT molecular complexity index is 694. The lowest BCUT2D eigenvalue weighted by molar-refractivity contribution is 0.484. The van der Waals surface area contributed by atoms with Gasteiger partial charge in [-0.3, -0.25) is 9.20 Å². The van der Waals surface area contributed by atoms with Crippen LogP contribution in [-0.2, 0) is 23.1 Å². The molecule has 0 spiro atoms. The minimum absolute atomic E-state index is 0. The van der Waals surface area contributed by atoms with Crippen molar-refractivity contribution >= 4 is 63.7 Å². The maximum atomic E-state index is 12.2. The number of benzene rings is 1. The van der Waals surface area contributed by atoms with Crippen molar-refractivity contribution < 1.29 is 4.21 Å². The summed E-state index contributed by atoms with van der Waals surface area (Å²) in [6.07, 6.45) is 0. The lowest BCUT2D eigenvalue weighted by Crippen LogP contribution is -2.40. The van der Waals surface area contributed by atoms with Crippen LogP contribution >= 0.6 is 46.9 Å². The smallest absolute Gasteiger partial charge is 0.193 e. The number of nitrogens with one attached hydrogen (secondary N) is 1. The Balaban J connectivity index is 0.00000312. The molecule has 0 aliphatic heterocycles. The maximum Gasteiger partial charge on any atom is 0.193 e. The van der Waals surface area contributed by atoms with Crippen LogP contribution < -0.4 is 5.32 Å². The highest BCUT2D eigenvalue weighted by Crippen LogP contribution is 2.22. The molecule has 138 valence electrons. The number of aliphatic imine (C=N–C) groups is 1. The molecule has 0 saturated heterocycles. The van der Waals surface area contributed by atoms with E-state index >= 15 is 0 Å². The van der Waals surface area contributed by atoms with Gasteiger partial charge < -0.3 is 10.2 Å². The monoisotopic (exact) mass is 511 g/mol. The van der Waals surface area contributed by atoms with Gasteiger partial charge in [-0.05, 0) is 17.7 Å². The predicted molar refractivity (Wildman–Crippen MR) is 121 cm³/mol. The molecule has 2 aromatic rings. The van der Waals surface area contributed by atoms with Crippen molar-refractivity contribution in [2.75, 3.05) is 26.4 Å². The quantitative estimate of drug-likeness (QED) is 0.347. The Morgan fingerprint density at radius 1 is 1.28 bits per heavy atom. The van der Waals surface area contributed by atoms with Crippen LogP contribution in [0.2, 0.25) is 4.34 Å². The van der Waals surface area contributed by atoms with Crippen molar-refractivity contribution in [3.63, 3.8) is 0 Å². The number of hydrogen-bond acceptors (Lipinski definition) is 3. The molecule has 1 aromatic heterocycles. The molecule has 0 amide bonds. The number of hydrogen-bond donors (Lipinski definition) is 1. The highest BCUT2D eigenvalue weighted by molar-refractivity contribution is 14.0. The van der Waals surface area contributed by atoms with Gasteiger partial charge in [0.15, 0.2) is 5.96 Å². The molecule has 1 N–H and O–H groups in total. The molecule has 1 atom stereocenters. The Hall–Kier alpha value is -0.640. The fraction of sp³-hybridized carbons (Fsp3) is 0.353. The third-order valence-corrected chi connectivity index (χ3v) is 5.91. The summed E-state index contributed by atoms with van der Waals surface area (Å²) in [5, 5.41) is 3.27. The van der Waals surface area contributed by atoms with E-state index in [1.54, 1.807) is 18.4 Å². The molecular formula is C17H23ClIN3OS2. The zero-order valence-corrected chi connectivity index (χ0v) is 19.0. The summed E-state index contributed by atoms with van der Waals surface area (Å²) in [6.45, 7) is 1.37. The van der Waals surface area contributed by atoms with Crippen molar-refractivity contribution in [3.8, 4) is 0 Å². The van der Waals surface area contributed by atoms with Gasteiger partial charge in [0.2, 0.25) is 0 Å². The van der Waals surface area contributed by atoms with E-state index in [-0.39, 0.29) is 24.0 Å². The summed E-state index contributed by atoms with van der Waals surface area (Å²) in [4.78, 5) is 7.48. The number of nitrogens with zero attached hydrogens (tertiary/aromatic N) is 2. The average Bonchev–Trinajstić information content (AvgIpc) is 2.97. The van der Waals surface area contributed by atoms with Crippen molar-refractivity contribution in [2.45, 2.75) is 12.3 Å². The fourth-order valence-corrected chi connectivity index (χ4v) is 4.42. The zero-order valence-electron chi connectivity index (χ0n) is 14.3. The molecule has 0 aliphatic carbocycles. The Morgan fingerprint density at radius 3 is 2.60 bits per heavy atom. The van der Waals surface area contributed by atoms with Crippen LogP contribution in [0.4, 0.5) is 0 Å². The predicted octanol–water partition coefficient (Wildman–Crippen LogP) is 3.98.